The standard InChI is InChI=1S/C22H21NO3/c1-25-20-11-6-10-19(16-20)23-22(24)18-9-5-12-21(15-18)26-14-13-17-7-3-2-4-8-17/h2-12,15-16H,13-14H2,1H3,(H,23,24). The van der Waals surface area contributed by atoms with Crippen molar-refractivity contribution in [2.24, 2.45) is 0 Å². The third-order valence-electron chi connectivity index (χ3n) is 3.93. The molecule has 0 heterocycles. The minimum atomic E-state index is -0.188. The largest absolute Gasteiger partial charge is 0.497 e. The minimum absolute atomic E-state index is 0.188. The predicted octanol–water partition coefficient (Wildman–Crippen LogP) is 4.57. The van der Waals surface area contributed by atoms with Gasteiger partial charge >= 0.3 is 0 Å². The van der Waals surface area contributed by atoms with E-state index in [1.54, 1.807) is 25.3 Å². The molecule has 132 valence electrons. The van der Waals surface area contributed by atoms with Gasteiger partial charge in [0.15, 0.2) is 0 Å². The molecule has 4 nitrogen and oxygen atoms in total. The average Bonchev–Trinajstić information content (AvgIpc) is 2.69. The van der Waals surface area contributed by atoms with Crippen molar-refractivity contribution < 1.29 is 14.3 Å². The van der Waals surface area contributed by atoms with Gasteiger partial charge in [-0.3, -0.25) is 4.79 Å². The second-order valence-corrected chi connectivity index (χ2v) is 5.80. The first-order chi connectivity index (χ1) is 12.7. The summed E-state index contributed by atoms with van der Waals surface area (Å²) in [4.78, 5) is 12.5. The fourth-order valence-electron chi connectivity index (χ4n) is 2.56. The van der Waals surface area contributed by atoms with Gasteiger partial charge in [-0.15, -0.1) is 0 Å². The number of hydrogen-bond acceptors (Lipinski definition) is 3. The molecule has 0 spiro atoms. The van der Waals surface area contributed by atoms with Gasteiger partial charge < -0.3 is 14.8 Å². The maximum atomic E-state index is 12.5. The molecule has 0 radical (unpaired) electrons. The van der Waals surface area contributed by atoms with Crippen LogP contribution in [-0.2, 0) is 6.42 Å². The first-order valence-electron chi connectivity index (χ1n) is 8.47. The monoisotopic (exact) mass is 347 g/mol. The number of carbonyl (C=O) groups is 1. The first-order valence-corrected chi connectivity index (χ1v) is 8.47. The Bertz CT molecular complexity index is 862. The van der Waals surface area contributed by atoms with E-state index in [1.807, 2.05) is 48.5 Å². The van der Waals surface area contributed by atoms with Crippen LogP contribution in [0.1, 0.15) is 15.9 Å². The lowest BCUT2D eigenvalue weighted by Gasteiger charge is -2.09. The fraction of sp³-hybridized carbons (Fsp3) is 0.136. The highest BCUT2D eigenvalue weighted by atomic mass is 16.5. The SMILES string of the molecule is COc1cccc(NC(=O)c2cccc(OCCc3ccccc3)c2)c1. The lowest BCUT2D eigenvalue weighted by molar-refractivity contribution is 0.102. The van der Waals surface area contributed by atoms with Crippen molar-refractivity contribution in [1.82, 2.24) is 0 Å². The molecule has 3 aromatic rings. The molecule has 0 bridgehead atoms. The van der Waals surface area contributed by atoms with Gasteiger partial charge in [0, 0.05) is 23.7 Å². The summed E-state index contributed by atoms with van der Waals surface area (Å²) in [6.07, 6.45) is 0.821. The molecule has 0 aliphatic carbocycles. The molecule has 3 rings (SSSR count). The van der Waals surface area contributed by atoms with Crippen LogP contribution in [0.4, 0.5) is 5.69 Å². The molecule has 1 N–H and O–H groups in total. The van der Waals surface area contributed by atoms with Crippen molar-refractivity contribution in [1.29, 1.82) is 0 Å². The molecular weight excluding hydrogens is 326 g/mol. The summed E-state index contributed by atoms with van der Waals surface area (Å²) in [5, 5.41) is 2.87. The second kappa shape index (κ2) is 8.72. The van der Waals surface area contributed by atoms with E-state index in [0.717, 1.165) is 6.42 Å². The van der Waals surface area contributed by atoms with Crippen LogP contribution in [0.15, 0.2) is 78.9 Å². The number of carbonyl (C=O) groups excluding carboxylic acids is 1. The maximum Gasteiger partial charge on any atom is 0.255 e. The molecule has 0 fully saturated rings. The summed E-state index contributed by atoms with van der Waals surface area (Å²) in [5.41, 5.74) is 2.45. The number of ether oxygens (including phenoxy) is 2. The lowest BCUT2D eigenvalue weighted by Crippen LogP contribution is -2.12. The Balaban J connectivity index is 1.60. The zero-order valence-electron chi connectivity index (χ0n) is 14.6. The summed E-state index contributed by atoms with van der Waals surface area (Å²) in [6, 6.07) is 24.6. The Hall–Kier alpha value is -3.27. The molecule has 0 aliphatic heterocycles. The third-order valence-corrected chi connectivity index (χ3v) is 3.93. The van der Waals surface area contributed by atoms with Gasteiger partial charge in [-0.1, -0.05) is 42.5 Å². The van der Waals surface area contributed by atoms with E-state index in [0.29, 0.717) is 29.4 Å². The number of amides is 1. The van der Waals surface area contributed by atoms with Crippen LogP contribution in [0.3, 0.4) is 0 Å². The smallest absolute Gasteiger partial charge is 0.255 e. The topological polar surface area (TPSA) is 47.6 Å². The molecule has 0 aliphatic rings. The van der Waals surface area contributed by atoms with Crippen molar-refractivity contribution in [2.45, 2.75) is 6.42 Å². The summed E-state index contributed by atoms with van der Waals surface area (Å²) in [7, 11) is 1.59. The van der Waals surface area contributed by atoms with Crippen molar-refractivity contribution in [3.63, 3.8) is 0 Å². The molecule has 0 aromatic heterocycles. The van der Waals surface area contributed by atoms with Gasteiger partial charge in [0.1, 0.15) is 11.5 Å². The maximum absolute atomic E-state index is 12.5. The van der Waals surface area contributed by atoms with Crippen LogP contribution in [0.2, 0.25) is 0 Å². The van der Waals surface area contributed by atoms with Gasteiger partial charge in [-0.2, -0.15) is 0 Å². The van der Waals surface area contributed by atoms with Crippen molar-refractivity contribution in [3.05, 3.63) is 90.0 Å². The number of rotatable bonds is 7. The van der Waals surface area contributed by atoms with E-state index in [4.69, 9.17) is 9.47 Å². The van der Waals surface area contributed by atoms with E-state index in [1.165, 1.54) is 5.56 Å². The molecule has 0 unspecified atom stereocenters. The van der Waals surface area contributed by atoms with E-state index in [2.05, 4.69) is 17.4 Å². The average molecular weight is 347 g/mol. The van der Waals surface area contributed by atoms with Gasteiger partial charge in [-0.05, 0) is 35.9 Å². The summed E-state index contributed by atoms with van der Waals surface area (Å²) < 4.78 is 11.0. The van der Waals surface area contributed by atoms with Crippen LogP contribution < -0.4 is 14.8 Å². The van der Waals surface area contributed by atoms with E-state index < -0.39 is 0 Å². The van der Waals surface area contributed by atoms with Crippen LogP contribution in [-0.4, -0.2) is 19.6 Å². The highest BCUT2D eigenvalue weighted by Gasteiger charge is 2.08. The van der Waals surface area contributed by atoms with Gasteiger partial charge in [0.05, 0.1) is 13.7 Å². The molecule has 1 amide bonds. The minimum Gasteiger partial charge on any atom is -0.497 e. The van der Waals surface area contributed by atoms with Crippen LogP contribution in [0, 0.1) is 0 Å². The summed E-state index contributed by atoms with van der Waals surface area (Å²) in [5.74, 6) is 1.19. The molecule has 0 atom stereocenters. The number of benzene rings is 3. The Kier molecular flexibility index (Phi) is 5.88. The number of hydrogen-bond donors (Lipinski definition) is 1. The Morgan fingerprint density at radius 2 is 1.65 bits per heavy atom. The lowest BCUT2D eigenvalue weighted by atomic mass is 10.1. The Morgan fingerprint density at radius 3 is 2.46 bits per heavy atom. The van der Waals surface area contributed by atoms with Gasteiger partial charge in [0.25, 0.3) is 5.91 Å². The summed E-state index contributed by atoms with van der Waals surface area (Å²) >= 11 is 0. The zero-order valence-corrected chi connectivity index (χ0v) is 14.6. The number of methoxy groups -OCH3 is 1. The molecule has 0 saturated heterocycles. The quantitative estimate of drug-likeness (QED) is 0.681. The highest BCUT2D eigenvalue weighted by Crippen LogP contribution is 2.19. The number of anilines is 1. The first kappa shape index (κ1) is 17.5. The molecule has 0 saturated carbocycles. The fourth-order valence-corrected chi connectivity index (χ4v) is 2.56. The van der Waals surface area contributed by atoms with Crippen molar-refractivity contribution >= 4 is 11.6 Å². The Labute approximate surface area is 153 Å². The predicted molar refractivity (Wildman–Crippen MR) is 103 cm³/mol. The van der Waals surface area contributed by atoms with E-state index in [9.17, 15) is 4.79 Å². The molecule has 4 heteroatoms. The van der Waals surface area contributed by atoms with Gasteiger partial charge in [-0.25, -0.2) is 0 Å². The van der Waals surface area contributed by atoms with Crippen molar-refractivity contribution in [3.8, 4) is 11.5 Å². The second-order valence-electron chi connectivity index (χ2n) is 5.80. The van der Waals surface area contributed by atoms with Crippen LogP contribution >= 0.6 is 0 Å². The van der Waals surface area contributed by atoms with E-state index in [-0.39, 0.29) is 5.91 Å². The highest BCUT2D eigenvalue weighted by molar-refractivity contribution is 6.04. The van der Waals surface area contributed by atoms with Crippen LogP contribution in [0.25, 0.3) is 0 Å². The van der Waals surface area contributed by atoms with Gasteiger partial charge in [0.2, 0.25) is 0 Å². The zero-order chi connectivity index (χ0) is 18.2. The van der Waals surface area contributed by atoms with E-state index >= 15 is 0 Å². The normalized spacial score (nSPS) is 10.2. The summed E-state index contributed by atoms with van der Waals surface area (Å²) in [6.45, 7) is 0.560. The van der Waals surface area contributed by atoms with Crippen molar-refractivity contribution in [2.75, 3.05) is 19.0 Å². The molecule has 3 aromatic carbocycles. The molecule has 26 heavy (non-hydrogen) atoms. The van der Waals surface area contributed by atoms with Crippen LogP contribution in [0.5, 0.6) is 11.5 Å². The molecular formula is C22H21NO3. The third kappa shape index (κ3) is 4.86. The number of nitrogens with one attached hydrogen (secondary N) is 1. The Morgan fingerprint density at radius 1 is 0.885 bits per heavy atom.